The Labute approximate surface area is 177 Å². The van der Waals surface area contributed by atoms with Gasteiger partial charge in [0.25, 0.3) is 0 Å². The van der Waals surface area contributed by atoms with Crippen LogP contribution in [-0.4, -0.2) is 25.9 Å². The minimum absolute atomic E-state index is 0.0376. The molecule has 1 amide bonds. The largest absolute Gasteiger partial charge is 0.497 e. The summed E-state index contributed by atoms with van der Waals surface area (Å²) in [5, 5.41) is 2.98. The number of aryl methyl sites for hydroxylation is 1. The molecule has 5 heteroatoms. The van der Waals surface area contributed by atoms with Crippen molar-refractivity contribution >= 4 is 11.7 Å². The highest BCUT2D eigenvalue weighted by Gasteiger charge is 2.38. The first-order valence-electron chi connectivity index (χ1n) is 10.4. The first-order chi connectivity index (χ1) is 14.5. The van der Waals surface area contributed by atoms with E-state index >= 15 is 0 Å². The summed E-state index contributed by atoms with van der Waals surface area (Å²) in [4.78, 5) is 25.8. The maximum absolute atomic E-state index is 13.3. The van der Waals surface area contributed by atoms with Crippen LogP contribution in [0.2, 0.25) is 0 Å². The van der Waals surface area contributed by atoms with Crippen molar-refractivity contribution in [1.82, 2.24) is 5.32 Å². The molecule has 0 fully saturated rings. The summed E-state index contributed by atoms with van der Waals surface area (Å²) < 4.78 is 10.9. The second-order valence-electron chi connectivity index (χ2n) is 7.93. The molecule has 0 saturated heterocycles. The van der Waals surface area contributed by atoms with Crippen LogP contribution in [0, 0.1) is 0 Å². The van der Waals surface area contributed by atoms with Crippen molar-refractivity contribution in [2.75, 3.05) is 14.2 Å². The number of methoxy groups -OCH3 is 2. The van der Waals surface area contributed by atoms with Crippen molar-refractivity contribution in [2.45, 2.75) is 44.4 Å². The first kappa shape index (κ1) is 20.2. The zero-order chi connectivity index (χ0) is 21.3. The fourth-order valence-electron chi connectivity index (χ4n) is 4.61. The lowest BCUT2D eigenvalue weighted by Crippen LogP contribution is -2.38. The van der Waals surface area contributed by atoms with Gasteiger partial charge in [0.05, 0.1) is 14.2 Å². The number of Topliss-reactive ketones (excluding diaryl/α,β-unsaturated/α-hetero) is 1. The molecular weight excluding hydrogens is 378 g/mol. The Bertz CT molecular complexity index is 1010. The summed E-state index contributed by atoms with van der Waals surface area (Å²) in [6.07, 6.45) is 2.26. The summed E-state index contributed by atoms with van der Waals surface area (Å²) in [6.45, 7) is 2.11. The van der Waals surface area contributed by atoms with Gasteiger partial charge in [-0.25, -0.2) is 0 Å². The quantitative estimate of drug-likeness (QED) is 0.807. The highest BCUT2D eigenvalue weighted by atomic mass is 16.5. The number of carbonyl (C=O) groups is 2. The minimum atomic E-state index is -0.180. The van der Waals surface area contributed by atoms with E-state index in [1.807, 2.05) is 18.2 Å². The van der Waals surface area contributed by atoms with E-state index in [9.17, 15) is 9.59 Å². The lowest BCUT2D eigenvalue weighted by Gasteiger charge is -2.35. The van der Waals surface area contributed by atoms with E-state index in [0.29, 0.717) is 19.3 Å². The summed E-state index contributed by atoms with van der Waals surface area (Å²) in [7, 11) is 3.24. The highest BCUT2D eigenvalue weighted by molar-refractivity contribution is 6.02. The van der Waals surface area contributed by atoms with Gasteiger partial charge < -0.3 is 14.8 Å². The average molecular weight is 405 g/mol. The molecule has 1 aliphatic carbocycles. The molecule has 2 aromatic carbocycles. The fraction of sp³-hybridized carbons (Fsp3) is 0.360. The van der Waals surface area contributed by atoms with E-state index in [4.69, 9.17) is 9.47 Å². The van der Waals surface area contributed by atoms with Crippen LogP contribution in [0.15, 0.2) is 53.7 Å². The maximum atomic E-state index is 13.3. The molecule has 2 atom stereocenters. The third-order valence-electron chi connectivity index (χ3n) is 6.20. The number of hydrogen-bond acceptors (Lipinski definition) is 4. The average Bonchev–Trinajstić information content (AvgIpc) is 2.77. The Kier molecular flexibility index (Phi) is 5.62. The second-order valence-corrected chi connectivity index (χ2v) is 7.93. The molecule has 0 radical (unpaired) electrons. The van der Waals surface area contributed by atoms with Gasteiger partial charge in [0, 0.05) is 41.5 Å². The van der Waals surface area contributed by atoms with Crippen LogP contribution >= 0.6 is 0 Å². The Morgan fingerprint density at radius 3 is 2.40 bits per heavy atom. The SMILES string of the molecule is CCc1ccc([C@@H]2CC(=O)NC3=C2C(=O)C[C@H](c2cc(OC)ccc2OC)C3)cc1. The van der Waals surface area contributed by atoms with Gasteiger partial charge in [-0.05, 0) is 42.2 Å². The molecule has 1 heterocycles. The minimum Gasteiger partial charge on any atom is -0.497 e. The first-order valence-corrected chi connectivity index (χ1v) is 10.4. The lowest BCUT2D eigenvalue weighted by atomic mass is 9.73. The number of carbonyl (C=O) groups excluding carboxylic acids is 2. The van der Waals surface area contributed by atoms with Gasteiger partial charge in [0.15, 0.2) is 5.78 Å². The van der Waals surface area contributed by atoms with Crippen LogP contribution in [-0.2, 0) is 16.0 Å². The van der Waals surface area contributed by atoms with E-state index < -0.39 is 0 Å². The van der Waals surface area contributed by atoms with E-state index in [2.05, 4.69) is 36.5 Å². The third kappa shape index (κ3) is 3.72. The summed E-state index contributed by atoms with van der Waals surface area (Å²) in [5.74, 6) is 1.26. The molecule has 0 bridgehead atoms. The monoisotopic (exact) mass is 405 g/mol. The molecule has 2 aliphatic rings. The topological polar surface area (TPSA) is 64.6 Å². The molecule has 0 unspecified atom stereocenters. The standard InChI is InChI=1S/C25H27NO4/c1-4-15-5-7-16(8-6-15)20-14-24(28)26-21-11-17(12-22(27)25(20)21)19-13-18(29-2)9-10-23(19)30-3/h5-10,13,17,20H,4,11-12,14H2,1-3H3,(H,26,28)/t17-,20+/m1/s1. The van der Waals surface area contributed by atoms with E-state index in [1.165, 1.54) is 5.56 Å². The molecule has 0 aromatic heterocycles. The zero-order valence-electron chi connectivity index (χ0n) is 17.7. The lowest BCUT2D eigenvalue weighted by molar-refractivity contribution is -0.122. The van der Waals surface area contributed by atoms with Gasteiger partial charge in [0.1, 0.15) is 11.5 Å². The molecule has 1 N–H and O–H groups in total. The molecule has 1 aliphatic heterocycles. The van der Waals surface area contributed by atoms with Crippen LogP contribution < -0.4 is 14.8 Å². The number of allylic oxidation sites excluding steroid dienone is 2. The van der Waals surface area contributed by atoms with Gasteiger partial charge in [-0.3, -0.25) is 9.59 Å². The number of amides is 1. The normalized spacial score (nSPS) is 21.2. The number of nitrogens with one attached hydrogen (secondary N) is 1. The Balaban J connectivity index is 1.71. The molecule has 5 nitrogen and oxygen atoms in total. The van der Waals surface area contributed by atoms with Gasteiger partial charge in [-0.2, -0.15) is 0 Å². The van der Waals surface area contributed by atoms with Crippen LogP contribution in [0.5, 0.6) is 11.5 Å². The predicted molar refractivity (Wildman–Crippen MR) is 115 cm³/mol. The second kappa shape index (κ2) is 8.34. The van der Waals surface area contributed by atoms with Crippen molar-refractivity contribution in [1.29, 1.82) is 0 Å². The van der Waals surface area contributed by atoms with E-state index in [1.54, 1.807) is 14.2 Å². The summed E-state index contributed by atoms with van der Waals surface area (Å²) in [5.41, 5.74) is 4.72. The molecule has 30 heavy (non-hydrogen) atoms. The Hall–Kier alpha value is -3.08. The molecule has 0 spiro atoms. The van der Waals surface area contributed by atoms with Crippen molar-refractivity contribution < 1.29 is 19.1 Å². The summed E-state index contributed by atoms with van der Waals surface area (Å²) >= 11 is 0. The molecule has 4 rings (SSSR count). The van der Waals surface area contributed by atoms with Gasteiger partial charge >= 0.3 is 0 Å². The van der Waals surface area contributed by atoms with Crippen molar-refractivity contribution in [3.8, 4) is 11.5 Å². The van der Waals surface area contributed by atoms with E-state index in [0.717, 1.165) is 40.3 Å². The van der Waals surface area contributed by atoms with Crippen LogP contribution in [0.4, 0.5) is 0 Å². The molecule has 0 saturated carbocycles. The van der Waals surface area contributed by atoms with E-state index in [-0.39, 0.29) is 23.5 Å². The van der Waals surface area contributed by atoms with Gasteiger partial charge in [-0.1, -0.05) is 31.2 Å². The van der Waals surface area contributed by atoms with Crippen LogP contribution in [0.25, 0.3) is 0 Å². The predicted octanol–water partition coefficient (Wildman–Crippen LogP) is 4.27. The third-order valence-corrected chi connectivity index (χ3v) is 6.20. The molecular formula is C25H27NO4. The zero-order valence-corrected chi connectivity index (χ0v) is 17.7. The fourth-order valence-corrected chi connectivity index (χ4v) is 4.61. The van der Waals surface area contributed by atoms with Crippen molar-refractivity contribution in [3.63, 3.8) is 0 Å². The Morgan fingerprint density at radius 2 is 1.73 bits per heavy atom. The molecule has 2 aromatic rings. The number of ether oxygens (including phenoxy) is 2. The number of benzene rings is 2. The van der Waals surface area contributed by atoms with Crippen LogP contribution in [0.3, 0.4) is 0 Å². The molecule has 156 valence electrons. The summed E-state index contributed by atoms with van der Waals surface area (Å²) in [6, 6.07) is 13.9. The highest BCUT2D eigenvalue weighted by Crippen LogP contribution is 2.45. The number of hydrogen-bond donors (Lipinski definition) is 1. The Morgan fingerprint density at radius 1 is 0.967 bits per heavy atom. The smallest absolute Gasteiger partial charge is 0.225 e. The van der Waals surface area contributed by atoms with Crippen molar-refractivity contribution in [3.05, 3.63) is 70.4 Å². The van der Waals surface area contributed by atoms with Crippen LogP contribution in [0.1, 0.15) is 54.7 Å². The maximum Gasteiger partial charge on any atom is 0.225 e. The van der Waals surface area contributed by atoms with Gasteiger partial charge in [-0.15, -0.1) is 0 Å². The van der Waals surface area contributed by atoms with Crippen molar-refractivity contribution in [2.24, 2.45) is 0 Å². The van der Waals surface area contributed by atoms with Gasteiger partial charge in [0.2, 0.25) is 5.91 Å². The number of rotatable bonds is 5. The number of ketones is 1.